The second kappa shape index (κ2) is 3.88. The molecule has 6 heteroatoms. The lowest BCUT2D eigenvalue weighted by Crippen LogP contribution is -2.42. The first-order valence-corrected chi connectivity index (χ1v) is 6.28. The molecule has 3 aliphatic heterocycles. The molecule has 0 aromatic carbocycles. The summed E-state index contributed by atoms with van der Waals surface area (Å²) in [5, 5.41) is 10.3. The number of hydrogen-bond acceptors (Lipinski definition) is 6. The molecule has 0 spiro atoms. The predicted molar refractivity (Wildman–Crippen MR) is 59.6 cm³/mol. The summed E-state index contributed by atoms with van der Waals surface area (Å²) in [7, 11) is 0. The van der Waals surface area contributed by atoms with Gasteiger partial charge >= 0.3 is 0 Å². The van der Waals surface area contributed by atoms with Crippen molar-refractivity contribution in [3.8, 4) is 0 Å². The molecule has 6 nitrogen and oxygen atoms in total. The molecule has 3 aliphatic rings. The van der Waals surface area contributed by atoms with Crippen LogP contribution in [-0.2, 0) is 23.7 Å². The number of fused-ring (bicyclic) bond motifs is 1. The largest absolute Gasteiger partial charge is 0.387 e. The zero-order valence-electron chi connectivity index (χ0n) is 11.1. The summed E-state index contributed by atoms with van der Waals surface area (Å²) in [6, 6.07) is 0. The molecule has 3 heterocycles. The van der Waals surface area contributed by atoms with Crippen LogP contribution < -0.4 is 0 Å². The van der Waals surface area contributed by atoms with Gasteiger partial charge in [-0.1, -0.05) is 0 Å². The van der Waals surface area contributed by atoms with Crippen LogP contribution in [0.2, 0.25) is 0 Å². The topological polar surface area (TPSA) is 66.4 Å². The molecule has 0 aromatic heterocycles. The van der Waals surface area contributed by atoms with Gasteiger partial charge < -0.3 is 28.8 Å². The second-order valence-electron chi connectivity index (χ2n) is 5.93. The van der Waals surface area contributed by atoms with Crippen molar-refractivity contribution >= 4 is 0 Å². The lowest BCUT2D eigenvalue weighted by atomic mass is 10.1. The van der Waals surface area contributed by atoms with E-state index in [1.807, 2.05) is 13.8 Å². The Balaban J connectivity index is 1.68. The molecule has 0 radical (unpaired) electrons. The lowest BCUT2D eigenvalue weighted by Gasteiger charge is -2.26. The van der Waals surface area contributed by atoms with Crippen molar-refractivity contribution in [3.63, 3.8) is 0 Å². The first-order valence-electron chi connectivity index (χ1n) is 6.28. The van der Waals surface area contributed by atoms with Crippen molar-refractivity contribution in [1.29, 1.82) is 0 Å². The van der Waals surface area contributed by atoms with E-state index in [0.717, 1.165) is 0 Å². The average molecular weight is 260 g/mol. The monoisotopic (exact) mass is 260 g/mol. The van der Waals surface area contributed by atoms with E-state index >= 15 is 0 Å². The minimum atomic E-state index is -0.765. The van der Waals surface area contributed by atoms with Crippen LogP contribution in [0.15, 0.2) is 0 Å². The van der Waals surface area contributed by atoms with E-state index in [-0.39, 0.29) is 6.10 Å². The van der Waals surface area contributed by atoms with Crippen LogP contribution in [0.5, 0.6) is 0 Å². The molecule has 3 saturated heterocycles. The SMILES string of the molecule is CC1(C)OC2O[C@H]([C@H]3COC(C)(C)O3)C(O)C2O1. The molecule has 3 rings (SSSR count). The molecular weight excluding hydrogens is 240 g/mol. The van der Waals surface area contributed by atoms with E-state index in [4.69, 9.17) is 23.7 Å². The smallest absolute Gasteiger partial charge is 0.190 e. The van der Waals surface area contributed by atoms with Crippen LogP contribution >= 0.6 is 0 Å². The third-order valence-corrected chi connectivity index (χ3v) is 3.45. The van der Waals surface area contributed by atoms with E-state index in [2.05, 4.69) is 0 Å². The van der Waals surface area contributed by atoms with Gasteiger partial charge in [0, 0.05) is 0 Å². The molecule has 104 valence electrons. The molecule has 0 amide bonds. The minimum Gasteiger partial charge on any atom is -0.387 e. The molecule has 0 saturated carbocycles. The molecule has 18 heavy (non-hydrogen) atoms. The van der Waals surface area contributed by atoms with Crippen LogP contribution in [0.25, 0.3) is 0 Å². The normalized spacial score (nSPS) is 49.5. The number of rotatable bonds is 1. The van der Waals surface area contributed by atoms with Gasteiger partial charge in [0.15, 0.2) is 17.9 Å². The summed E-state index contributed by atoms with van der Waals surface area (Å²) in [5.74, 6) is -1.35. The number of hydrogen-bond donors (Lipinski definition) is 1. The van der Waals surface area contributed by atoms with Crippen molar-refractivity contribution in [3.05, 3.63) is 0 Å². The van der Waals surface area contributed by atoms with E-state index in [0.29, 0.717) is 6.61 Å². The van der Waals surface area contributed by atoms with Gasteiger partial charge in [-0.2, -0.15) is 0 Å². The van der Waals surface area contributed by atoms with Crippen molar-refractivity contribution in [1.82, 2.24) is 0 Å². The zero-order valence-corrected chi connectivity index (χ0v) is 11.1. The molecule has 1 N–H and O–H groups in total. The summed E-state index contributed by atoms with van der Waals surface area (Å²) >= 11 is 0. The fourth-order valence-electron chi connectivity index (χ4n) is 2.70. The Hall–Kier alpha value is -0.240. The third-order valence-electron chi connectivity index (χ3n) is 3.45. The maximum atomic E-state index is 10.3. The van der Waals surface area contributed by atoms with Gasteiger partial charge in [-0.15, -0.1) is 0 Å². The standard InChI is InChI=1S/C12H20O6/c1-11(2)14-5-6(16-11)8-7(13)9-10(15-8)18-12(3,4)17-9/h6-10,13H,5H2,1-4H3/t6-,7?,8-,9?,10?/m1/s1. The second-order valence-corrected chi connectivity index (χ2v) is 5.93. The van der Waals surface area contributed by atoms with Gasteiger partial charge in [0.05, 0.1) is 6.61 Å². The Labute approximate surface area is 106 Å². The minimum absolute atomic E-state index is 0.295. The third kappa shape index (κ3) is 2.07. The van der Waals surface area contributed by atoms with E-state index in [1.54, 1.807) is 13.8 Å². The van der Waals surface area contributed by atoms with Gasteiger partial charge in [-0.3, -0.25) is 0 Å². The fourth-order valence-corrected chi connectivity index (χ4v) is 2.70. The molecule has 3 unspecified atom stereocenters. The fraction of sp³-hybridized carbons (Fsp3) is 1.00. The van der Waals surface area contributed by atoms with Crippen molar-refractivity contribution in [2.45, 2.75) is 70.0 Å². The van der Waals surface area contributed by atoms with E-state index in [9.17, 15) is 5.11 Å². The van der Waals surface area contributed by atoms with Gasteiger partial charge in [0.1, 0.15) is 24.4 Å². The quantitative estimate of drug-likeness (QED) is 0.735. The number of aliphatic hydroxyl groups excluding tert-OH is 1. The van der Waals surface area contributed by atoms with Crippen molar-refractivity contribution < 1.29 is 28.8 Å². The molecule has 0 aliphatic carbocycles. The van der Waals surface area contributed by atoms with Gasteiger partial charge in [-0.05, 0) is 27.7 Å². The van der Waals surface area contributed by atoms with Crippen LogP contribution in [0.1, 0.15) is 27.7 Å². The van der Waals surface area contributed by atoms with Crippen LogP contribution in [0.4, 0.5) is 0 Å². The first kappa shape index (κ1) is 12.8. The Kier molecular flexibility index (Phi) is 2.75. The molecule has 3 fully saturated rings. The Bertz CT molecular complexity index is 341. The van der Waals surface area contributed by atoms with Crippen LogP contribution in [0.3, 0.4) is 0 Å². The highest BCUT2D eigenvalue weighted by Gasteiger charge is 2.57. The Morgan fingerprint density at radius 3 is 2.22 bits per heavy atom. The summed E-state index contributed by atoms with van der Waals surface area (Å²) < 4.78 is 28.1. The van der Waals surface area contributed by atoms with Gasteiger partial charge in [0.2, 0.25) is 0 Å². The maximum Gasteiger partial charge on any atom is 0.190 e. The molecular formula is C12H20O6. The summed E-state index contributed by atoms with van der Waals surface area (Å²) in [6.07, 6.45) is -2.53. The molecule has 0 aromatic rings. The summed E-state index contributed by atoms with van der Waals surface area (Å²) in [5.41, 5.74) is 0. The zero-order chi connectivity index (χ0) is 13.1. The highest BCUT2D eigenvalue weighted by Crippen LogP contribution is 2.40. The van der Waals surface area contributed by atoms with Crippen molar-refractivity contribution in [2.75, 3.05) is 6.61 Å². The molecule has 5 atom stereocenters. The Morgan fingerprint density at radius 1 is 0.944 bits per heavy atom. The summed E-state index contributed by atoms with van der Waals surface area (Å²) in [4.78, 5) is 0. The van der Waals surface area contributed by atoms with Crippen LogP contribution in [0, 0.1) is 0 Å². The average Bonchev–Trinajstić information content (AvgIpc) is 2.81. The maximum absolute atomic E-state index is 10.3. The predicted octanol–water partition coefficient (Wildman–Crippen LogP) is 0.375. The first-order chi connectivity index (χ1) is 8.27. The number of aliphatic hydroxyl groups is 1. The van der Waals surface area contributed by atoms with Gasteiger partial charge in [-0.25, -0.2) is 0 Å². The van der Waals surface area contributed by atoms with Crippen LogP contribution in [-0.4, -0.2) is 54.0 Å². The highest BCUT2D eigenvalue weighted by molar-refractivity contribution is 4.97. The van der Waals surface area contributed by atoms with E-state index < -0.39 is 36.2 Å². The van der Waals surface area contributed by atoms with E-state index in [1.165, 1.54) is 0 Å². The highest BCUT2D eigenvalue weighted by atomic mass is 16.8. The van der Waals surface area contributed by atoms with Gasteiger partial charge in [0.25, 0.3) is 0 Å². The van der Waals surface area contributed by atoms with Crippen molar-refractivity contribution in [2.24, 2.45) is 0 Å². The summed E-state index contributed by atoms with van der Waals surface area (Å²) in [6.45, 7) is 7.68. The lowest BCUT2D eigenvalue weighted by molar-refractivity contribution is -0.232. The Morgan fingerprint density at radius 2 is 1.67 bits per heavy atom. The number of ether oxygens (including phenoxy) is 5. The molecule has 0 bridgehead atoms.